The normalized spacial score (nSPS) is 9.42. The van der Waals surface area contributed by atoms with Crippen LogP contribution in [0.15, 0.2) is 6.33 Å². The molecule has 0 radical (unpaired) electrons. The number of nitrogen functional groups attached to an aromatic ring is 1. The highest BCUT2D eigenvalue weighted by Crippen LogP contribution is 2.13. The molecule has 0 aliphatic rings. The predicted molar refractivity (Wildman–Crippen MR) is 48.1 cm³/mol. The lowest BCUT2D eigenvalue weighted by molar-refractivity contribution is -0.114. The highest BCUT2D eigenvalue weighted by atomic mass is 32.1. The van der Waals surface area contributed by atoms with Gasteiger partial charge in [0, 0.05) is 6.92 Å². The van der Waals surface area contributed by atoms with E-state index in [9.17, 15) is 4.79 Å². The summed E-state index contributed by atoms with van der Waals surface area (Å²) in [5.74, 6) is 0.0828. The lowest BCUT2D eigenvalue weighted by Crippen LogP contribution is -2.10. The van der Waals surface area contributed by atoms with Crippen LogP contribution in [0.2, 0.25) is 0 Å². The van der Waals surface area contributed by atoms with Crippen LogP contribution < -0.4 is 11.1 Å². The number of nitrogens with one attached hydrogen (secondary N) is 2. The summed E-state index contributed by atoms with van der Waals surface area (Å²) in [4.78, 5) is 17.1. The van der Waals surface area contributed by atoms with Gasteiger partial charge in [-0.25, -0.2) is 4.98 Å². The molecule has 0 unspecified atom stereocenters. The van der Waals surface area contributed by atoms with Gasteiger partial charge < -0.3 is 16.0 Å². The van der Waals surface area contributed by atoms with Gasteiger partial charge in [0.2, 0.25) is 5.91 Å². The first kappa shape index (κ1) is 8.66. The number of nitrogens with two attached hydrogens (primary N) is 1. The van der Waals surface area contributed by atoms with Gasteiger partial charge in [-0.2, -0.15) is 0 Å². The maximum atomic E-state index is 10.7. The number of H-pyrrole nitrogens is 1. The van der Waals surface area contributed by atoms with E-state index in [-0.39, 0.29) is 10.5 Å². The zero-order chi connectivity index (χ0) is 9.14. The van der Waals surface area contributed by atoms with Crippen molar-refractivity contribution in [2.75, 3.05) is 11.1 Å². The molecule has 0 spiro atoms. The minimum Gasteiger partial charge on any atom is -0.383 e. The number of rotatable bonds is 1. The SMILES string of the molecule is CC(=O)Nc1c(N)[nH]cnc1=S. The van der Waals surface area contributed by atoms with Gasteiger partial charge in [0.1, 0.15) is 11.5 Å². The van der Waals surface area contributed by atoms with Crippen molar-refractivity contribution >= 4 is 29.6 Å². The van der Waals surface area contributed by atoms with E-state index in [1.54, 1.807) is 0 Å². The van der Waals surface area contributed by atoms with Gasteiger partial charge >= 0.3 is 0 Å². The maximum Gasteiger partial charge on any atom is 0.221 e. The lowest BCUT2D eigenvalue weighted by Gasteiger charge is -2.03. The largest absolute Gasteiger partial charge is 0.383 e. The smallest absolute Gasteiger partial charge is 0.221 e. The quantitative estimate of drug-likeness (QED) is 0.560. The molecule has 0 aliphatic carbocycles. The summed E-state index contributed by atoms with van der Waals surface area (Å²) in [6, 6.07) is 0. The Hall–Kier alpha value is -1.43. The second-order valence-electron chi connectivity index (χ2n) is 2.18. The first-order chi connectivity index (χ1) is 5.61. The zero-order valence-electron chi connectivity index (χ0n) is 6.42. The molecule has 1 rings (SSSR count). The van der Waals surface area contributed by atoms with Gasteiger partial charge in [-0.3, -0.25) is 4.79 Å². The zero-order valence-corrected chi connectivity index (χ0v) is 7.23. The molecular weight excluding hydrogens is 176 g/mol. The molecule has 0 aliphatic heterocycles. The number of aromatic nitrogens is 2. The minimum absolute atomic E-state index is 0.228. The van der Waals surface area contributed by atoms with Crippen molar-refractivity contribution in [3.63, 3.8) is 0 Å². The Bertz CT molecular complexity index is 359. The Morgan fingerprint density at radius 3 is 3.00 bits per heavy atom. The van der Waals surface area contributed by atoms with Crippen LogP contribution in [0.3, 0.4) is 0 Å². The third kappa shape index (κ3) is 1.79. The van der Waals surface area contributed by atoms with Crippen LogP contribution >= 0.6 is 12.2 Å². The molecule has 0 fully saturated rings. The average molecular weight is 184 g/mol. The van der Waals surface area contributed by atoms with Crippen LogP contribution in [0.4, 0.5) is 11.5 Å². The highest BCUT2D eigenvalue weighted by molar-refractivity contribution is 7.71. The Balaban J connectivity index is 3.13. The molecule has 6 heteroatoms. The fourth-order valence-electron chi connectivity index (χ4n) is 0.709. The summed E-state index contributed by atoms with van der Waals surface area (Å²) in [5, 5.41) is 2.48. The van der Waals surface area contributed by atoms with Crippen LogP contribution in [0, 0.1) is 4.64 Å². The van der Waals surface area contributed by atoms with Crippen molar-refractivity contribution < 1.29 is 4.79 Å². The Morgan fingerprint density at radius 2 is 2.50 bits per heavy atom. The third-order valence-corrected chi connectivity index (χ3v) is 1.50. The number of nitrogens with zero attached hydrogens (tertiary/aromatic N) is 1. The van der Waals surface area contributed by atoms with Gasteiger partial charge in [-0.1, -0.05) is 12.2 Å². The summed E-state index contributed by atoms with van der Waals surface area (Å²) in [6.07, 6.45) is 1.38. The van der Waals surface area contributed by atoms with Crippen molar-refractivity contribution in [2.24, 2.45) is 0 Å². The fourth-order valence-corrected chi connectivity index (χ4v) is 0.923. The molecule has 0 saturated heterocycles. The van der Waals surface area contributed by atoms with Crippen molar-refractivity contribution in [3.8, 4) is 0 Å². The second-order valence-corrected chi connectivity index (χ2v) is 2.56. The van der Waals surface area contributed by atoms with Crippen molar-refractivity contribution in [1.29, 1.82) is 0 Å². The summed E-state index contributed by atoms with van der Waals surface area (Å²) >= 11 is 4.83. The third-order valence-electron chi connectivity index (χ3n) is 1.19. The van der Waals surface area contributed by atoms with Crippen LogP contribution in [0.1, 0.15) is 6.92 Å². The van der Waals surface area contributed by atoms with Gasteiger partial charge in [-0.05, 0) is 0 Å². The molecule has 12 heavy (non-hydrogen) atoms. The van der Waals surface area contributed by atoms with Gasteiger partial charge in [0.25, 0.3) is 0 Å². The molecular formula is C6H8N4OS. The van der Waals surface area contributed by atoms with Gasteiger partial charge in [0.05, 0.1) is 6.33 Å². The molecule has 0 atom stereocenters. The molecule has 4 N–H and O–H groups in total. The Morgan fingerprint density at radius 1 is 1.83 bits per heavy atom. The monoisotopic (exact) mass is 184 g/mol. The first-order valence-electron chi connectivity index (χ1n) is 3.22. The van der Waals surface area contributed by atoms with Crippen molar-refractivity contribution in [2.45, 2.75) is 6.92 Å². The summed E-state index contributed by atoms with van der Waals surface area (Å²) < 4.78 is 0.279. The molecule has 5 nitrogen and oxygen atoms in total. The van der Waals surface area contributed by atoms with E-state index < -0.39 is 0 Å². The van der Waals surface area contributed by atoms with E-state index in [1.165, 1.54) is 13.3 Å². The number of hydrogen-bond acceptors (Lipinski definition) is 4. The number of hydrogen-bond donors (Lipinski definition) is 3. The van der Waals surface area contributed by atoms with Crippen LogP contribution in [0.5, 0.6) is 0 Å². The van der Waals surface area contributed by atoms with Crippen molar-refractivity contribution in [1.82, 2.24) is 9.97 Å². The van der Waals surface area contributed by atoms with E-state index >= 15 is 0 Å². The second kappa shape index (κ2) is 3.31. The van der Waals surface area contributed by atoms with E-state index in [0.717, 1.165) is 0 Å². The number of aromatic amines is 1. The molecule has 1 heterocycles. The average Bonchev–Trinajstić information content (AvgIpc) is 1.97. The number of carbonyl (C=O) groups excluding carboxylic acids is 1. The fraction of sp³-hybridized carbons (Fsp3) is 0.167. The predicted octanol–water partition coefficient (Wildman–Crippen LogP) is 0.680. The van der Waals surface area contributed by atoms with Gasteiger partial charge in [0.15, 0.2) is 4.64 Å². The standard InChI is InChI=1S/C6H8N4OS/c1-3(11)10-4-5(7)8-2-9-6(4)12/h2H,1H3,(H,10,11)(H3,7,8,9,12). The van der Waals surface area contributed by atoms with Crippen LogP contribution in [-0.2, 0) is 4.79 Å². The molecule has 1 aromatic heterocycles. The number of amides is 1. The minimum atomic E-state index is -0.228. The molecule has 64 valence electrons. The molecule has 1 amide bonds. The van der Waals surface area contributed by atoms with Crippen LogP contribution in [0.25, 0.3) is 0 Å². The topological polar surface area (TPSA) is 83.8 Å². The van der Waals surface area contributed by atoms with Crippen molar-refractivity contribution in [3.05, 3.63) is 11.0 Å². The molecule has 0 aromatic carbocycles. The van der Waals surface area contributed by atoms with E-state index in [4.69, 9.17) is 18.0 Å². The molecule has 0 saturated carbocycles. The van der Waals surface area contributed by atoms with Gasteiger partial charge in [-0.15, -0.1) is 0 Å². The van der Waals surface area contributed by atoms with E-state index in [2.05, 4.69) is 15.3 Å². The summed E-state index contributed by atoms with van der Waals surface area (Å²) in [5.41, 5.74) is 5.85. The van der Waals surface area contributed by atoms with E-state index in [0.29, 0.717) is 11.5 Å². The first-order valence-corrected chi connectivity index (χ1v) is 3.63. The summed E-state index contributed by atoms with van der Waals surface area (Å²) in [7, 11) is 0. The van der Waals surface area contributed by atoms with Crippen LogP contribution in [-0.4, -0.2) is 15.9 Å². The lowest BCUT2D eigenvalue weighted by atomic mass is 10.4. The number of anilines is 2. The van der Waals surface area contributed by atoms with E-state index in [1.807, 2.05) is 0 Å². The molecule has 1 aromatic rings. The summed E-state index contributed by atoms with van der Waals surface area (Å²) in [6.45, 7) is 1.38. The number of carbonyl (C=O) groups is 1. The maximum absolute atomic E-state index is 10.7. The highest BCUT2D eigenvalue weighted by Gasteiger charge is 2.02. The Labute approximate surface area is 74.0 Å². The molecule has 0 bridgehead atoms. The Kier molecular flexibility index (Phi) is 2.39.